The molecule has 0 aliphatic heterocycles. The van der Waals surface area contributed by atoms with Crippen molar-refractivity contribution in [3.63, 3.8) is 0 Å². The lowest BCUT2D eigenvalue weighted by atomic mass is 10.1. The van der Waals surface area contributed by atoms with Gasteiger partial charge in [0.05, 0.1) is 11.3 Å². The molecule has 0 aliphatic rings. The normalized spacial score (nSPS) is 11.2. The van der Waals surface area contributed by atoms with Gasteiger partial charge in [-0.3, -0.25) is 9.59 Å². The molecule has 0 spiro atoms. The number of rotatable bonds is 6. The van der Waals surface area contributed by atoms with Gasteiger partial charge < -0.3 is 16.4 Å². The number of nitrogen functional groups attached to an aromatic ring is 1. The van der Waals surface area contributed by atoms with Gasteiger partial charge in [0.25, 0.3) is 11.8 Å². The van der Waals surface area contributed by atoms with E-state index in [0.717, 1.165) is 23.7 Å². The zero-order chi connectivity index (χ0) is 22.6. The maximum Gasteiger partial charge on any atom is 0.416 e. The van der Waals surface area contributed by atoms with E-state index in [1.54, 1.807) is 24.3 Å². The summed E-state index contributed by atoms with van der Waals surface area (Å²) in [5, 5.41) is 5.69. The van der Waals surface area contributed by atoms with Crippen LogP contribution >= 0.6 is 23.1 Å². The minimum absolute atomic E-state index is 0.0116. The van der Waals surface area contributed by atoms with Crippen molar-refractivity contribution in [1.29, 1.82) is 0 Å². The molecule has 6 nitrogen and oxygen atoms in total. The Kier molecular flexibility index (Phi) is 6.81. The Morgan fingerprint density at radius 2 is 1.65 bits per heavy atom. The summed E-state index contributed by atoms with van der Waals surface area (Å²) in [7, 11) is 0. The Bertz CT molecular complexity index is 1100. The largest absolute Gasteiger partial charge is 0.416 e. The molecule has 0 fully saturated rings. The molecule has 0 saturated carbocycles. The van der Waals surface area contributed by atoms with Crippen molar-refractivity contribution in [2.24, 2.45) is 0 Å². The van der Waals surface area contributed by atoms with Crippen LogP contribution in [0.4, 0.5) is 18.9 Å². The number of nitrogens with one attached hydrogen (secondary N) is 2. The van der Waals surface area contributed by atoms with E-state index >= 15 is 0 Å². The van der Waals surface area contributed by atoms with Crippen LogP contribution in [-0.2, 0) is 19.3 Å². The van der Waals surface area contributed by atoms with Crippen molar-refractivity contribution in [3.8, 4) is 0 Å². The number of alkyl halides is 3. The van der Waals surface area contributed by atoms with Crippen molar-refractivity contribution in [2.45, 2.75) is 19.3 Å². The average molecular weight is 469 g/mol. The van der Waals surface area contributed by atoms with Gasteiger partial charge in [-0.15, -0.1) is 0 Å². The van der Waals surface area contributed by atoms with Gasteiger partial charge in [0.2, 0.25) is 0 Å². The number of carbonyl (C=O) groups is 2. The summed E-state index contributed by atoms with van der Waals surface area (Å²) >= 11 is 6.80. The topological polar surface area (TPSA) is 97.1 Å². The van der Waals surface area contributed by atoms with Gasteiger partial charge in [0.15, 0.2) is 5.69 Å². The first-order valence-corrected chi connectivity index (χ1v) is 10.0. The smallest absolute Gasteiger partial charge is 0.395 e. The van der Waals surface area contributed by atoms with Gasteiger partial charge in [-0.2, -0.15) is 17.5 Å². The quantitative estimate of drug-likeness (QED) is 0.503. The van der Waals surface area contributed by atoms with Crippen LogP contribution in [-0.4, -0.2) is 16.2 Å². The lowest BCUT2D eigenvalue weighted by molar-refractivity contribution is -0.137. The highest BCUT2D eigenvalue weighted by Crippen LogP contribution is 2.29. The third-order valence-corrected chi connectivity index (χ3v) is 5.51. The van der Waals surface area contributed by atoms with Gasteiger partial charge >= 0.3 is 6.18 Å². The molecule has 0 radical (unpaired) electrons. The molecule has 1 heterocycles. The lowest BCUT2D eigenvalue weighted by Crippen LogP contribution is -2.25. The van der Waals surface area contributed by atoms with Crippen molar-refractivity contribution in [3.05, 3.63) is 80.8 Å². The third kappa shape index (κ3) is 5.53. The van der Waals surface area contributed by atoms with E-state index in [-0.39, 0.29) is 29.3 Å². The molecule has 11 heteroatoms. The fourth-order valence-electron chi connectivity index (χ4n) is 2.60. The number of hydrogen-bond donors (Lipinski definition) is 3. The molecule has 0 bridgehead atoms. The highest BCUT2D eigenvalue weighted by atomic mass is 35.5. The summed E-state index contributed by atoms with van der Waals surface area (Å²) in [5.74, 6) is -1.14. The number of carbonyl (C=O) groups excluding carboxylic acids is 2. The molecule has 3 aromatic rings. The van der Waals surface area contributed by atoms with Crippen LogP contribution in [0.2, 0.25) is 5.02 Å². The summed E-state index contributed by atoms with van der Waals surface area (Å²) < 4.78 is 41.8. The highest BCUT2D eigenvalue weighted by Gasteiger charge is 2.30. The van der Waals surface area contributed by atoms with E-state index in [9.17, 15) is 22.8 Å². The standard InChI is InChI=1S/C20H16ClF3N4O2S/c21-14-4-2-1-3-12(14)10-27-18(29)16-15(25)17(31-28-16)19(30)26-9-11-5-7-13(8-6-11)20(22,23)24/h1-8H,9-10,25H2,(H,26,30)(H,27,29). The molecule has 2 aromatic carbocycles. The van der Waals surface area contributed by atoms with Gasteiger partial charge in [0.1, 0.15) is 4.88 Å². The molecular formula is C20H16ClF3N4O2S. The first-order valence-electron chi connectivity index (χ1n) is 8.88. The Morgan fingerprint density at radius 1 is 1.00 bits per heavy atom. The molecular weight excluding hydrogens is 453 g/mol. The molecule has 2 amide bonds. The van der Waals surface area contributed by atoms with Crippen LogP contribution in [0.3, 0.4) is 0 Å². The van der Waals surface area contributed by atoms with Crippen molar-refractivity contribution in [2.75, 3.05) is 5.73 Å². The Balaban J connectivity index is 1.60. The van der Waals surface area contributed by atoms with E-state index in [2.05, 4.69) is 15.0 Å². The van der Waals surface area contributed by atoms with E-state index in [4.69, 9.17) is 17.3 Å². The molecule has 4 N–H and O–H groups in total. The van der Waals surface area contributed by atoms with Crippen LogP contribution < -0.4 is 16.4 Å². The summed E-state index contributed by atoms with van der Waals surface area (Å²) in [6.45, 7) is 0.146. The first kappa shape index (κ1) is 22.6. The van der Waals surface area contributed by atoms with Gasteiger partial charge in [-0.25, -0.2) is 0 Å². The molecule has 0 atom stereocenters. The Hall–Kier alpha value is -3.11. The van der Waals surface area contributed by atoms with Gasteiger partial charge in [-0.05, 0) is 40.9 Å². The molecule has 0 aliphatic carbocycles. The number of amides is 2. The fourth-order valence-corrected chi connectivity index (χ4v) is 3.52. The van der Waals surface area contributed by atoms with E-state index in [1.165, 1.54) is 12.1 Å². The fraction of sp³-hybridized carbons (Fsp3) is 0.150. The highest BCUT2D eigenvalue weighted by molar-refractivity contribution is 7.09. The van der Waals surface area contributed by atoms with Crippen LogP contribution in [0.15, 0.2) is 48.5 Å². The van der Waals surface area contributed by atoms with E-state index in [1.807, 2.05) is 0 Å². The van der Waals surface area contributed by atoms with Crippen LogP contribution in [0.1, 0.15) is 36.9 Å². The zero-order valence-electron chi connectivity index (χ0n) is 15.8. The summed E-state index contributed by atoms with van der Waals surface area (Å²) in [6, 6.07) is 11.4. The molecule has 1 aromatic heterocycles. The van der Waals surface area contributed by atoms with Crippen LogP contribution in [0.5, 0.6) is 0 Å². The molecule has 162 valence electrons. The first-order chi connectivity index (χ1) is 14.7. The second-order valence-corrected chi connectivity index (χ2v) is 7.61. The van der Waals surface area contributed by atoms with Crippen LogP contribution in [0.25, 0.3) is 0 Å². The second kappa shape index (κ2) is 9.36. The van der Waals surface area contributed by atoms with E-state index in [0.29, 0.717) is 16.1 Å². The van der Waals surface area contributed by atoms with Crippen LogP contribution in [0, 0.1) is 0 Å². The molecule has 3 rings (SSSR count). The summed E-state index contributed by atoms with van der Waals surface area (Å²) in [4.78, 5) is 24.8. The Labute approximate surface area is 184 Å². The predicted octanol–water partition coefficient (Wildman–Crippen LogP) is 4.26. The number of nitrogens with two attached hydrogens (primary N) is 1. The molecule has 31 heavy (non-hydrogen) atoms. The summed E-state index contributed by atoms with van der Waals surface area (Å²) in [6.07, 6.45) is -4.43. The van der Waals surface area contributed by atoms with Crippen molar-refractivity contribution in [1.82, 2.24) is 15.0 Å². The van der Waals surface area contributed by atoms with Gasteiger partial charge in [-0.1, -0.05) is 41.9 Å². The van der Waals surface area contributed by atoms with Gasteiger partial charge in [0, 0.05) is 18.1 Å². The number of halogens is 4. The maximum absolute atomic E-state index is 12.6. The summed E-state index contributed by atoms with van der Waals surface area (Å²) in [5.41, 5.74) is 6.16. The number of benzene rings is 2. The minimum Gasteiger partial charge on any atom is -0.395 e. The lowest BCUT2D eigenvalue weighted by Gasteiger charge is -2.08. The second-order valence-electron chi connectivity index (χ2n) is 6.43. The minimum atomic E-state index is -4.43. The predicted molar refractivity (Wildman–Crippen MR) is 112 cm³/mol. The number of anilines is 1. The maximum atomic E-state index is 12.6. The molecule has 0 saturated heterocycles. The van der Waals surface area contributed by atoms with Crippen molar-refractivity contribution >= 4 is 40.6 Å². The zero-order valence-corrected chi connectivity index (χ0v) is 17.4. The monoisotopic (exact) mass is 468 g/mol. The number of nitrogens with zero attached hydrogens (tertiary/aromatic N) is 1. The van der Waals surface area contributed by atoms with Crippen molar-refractivity contribution < 1.29 is 22.8 Å². The molecule has 0 unspecified atom stereocenters. The SMILES string of the molecule is Nc1c(C(=O)NCc2ccccc2Cl)nsc1C(=O)NCc1ccc(C(F)(F)F)cc1. The number of hydrogen-bond acceptors (Lipinski definition) is 5. The third-order valence-electron chi connectivity index (χ3n) is 4.28. The number of aromatic nitrogens is 1. The van der Waals surface area contributed by atoms with E-state index < -0.39 is 23.6 Å². The Morgan fingerprint density at radius 3 is 2.29 bits per heavy atom. The average Bonchev–Trinajstić information content (AvgIpc) is 3.12.